The van der Waals surface area contributed by atoms with Gasteiger partial charge in [-0.3, -0.25) is 4.68 Å². The van der Waals surface area contributed by atoms with Crippen LogP contribution in [0.25, 0.3) is 0 Å². The fourth-order valence-electron chi connectivity index (χ4n) is 2.09. The standard InChI is InChI=1S/C16H27N5S/c1-10(12-9-21(16(6,7)8)20-11(12)2)17-14-19-18-13(22-14)15(3,4)5/h9-10H,1-8H3,(H,17,19). The summed E-state index contributed by atoms with van der Waals surface area (Å²) in [6.45, 7) is 17.1. The first-order valence-corrected chi connectivity index (χ1v) is 8.47. The first kappa shape index (κ1) is 16.9. The van der Waals surface area contributed by atoms with E-state index in [0.29, 0.717) is 0 Å². The molecule has 0 radical (unpaired) electrons. The second kappa shape index (κ2) is 5.65. The summed E-state index contributed by atoms with van der Waals surface area (Å²) in [4.78, 5) is 0. The van der Waals surface area contributed by atoms with E-state index in [2.05, 4.69) is 82.2 Å². The van der Waals surface area contributed by atoms with Crippen molar-refractivity contribution in [3.05, 3.63) is 22.5 Å². The van der Waals surface area contributed by atoms with E-state index in [4.69, 9.17) is 0 Å². The Hall–Kier alpha value is -1.43. The average molecular weight is 321 g/mol. The van der Waals surface area contributed by atoms with Crippen molar-refractivity contribution in [2.45, 2.75) is 72.4 Å². The van der Waals surface area contributed by atoms with Crippen molar-refractivity contribution < 1.29 is 0 Å². The second-order valence-electron chi connectivity index (χ2n) is 7.81. The van der Waals surface area contributed by atoms with Gasteiger partial charge in [0.2, 0.25) is 5.13 Å². The largest absolute Gasteiger partial charge is 0.353 e. The first-order valence-electron chi connectivity index (χ1n) is 7.65. The SMILES string of the molecule is Cc1nn(C(C)(C)C)cc1C(C)Nc1nnc(C(C)(C)C)s1. The summed E-state index contributed by atoms with van der Waals surface area (Å²) >= 11 is 1.62. The number of aryl methyl sites for hydroxylation is 1. The summed E-state index contributed by atoms with van der Waals surface area (Å²) in [7, 11) is 0. The third-order valence-corrected chi connectivity index (χ3v) is 4.78. The van der Waals surface area contributed by atoms with Crippen molar-refractivity contribution in [1.82, 2.24) is 20.0 Å². The quantitative estimate of drug-likeness (QED) is 0.917. The monoisotopic (exact) mass is 321 g/mol. The first-order chi connectivity index (χ1) is 9.98. The summed E-state index contributed by atoms with van der Waals surface area (Å²) in [5.74, 6) is 0. The van der Waals surface area contributed by atoms with Gasteiger partial charge in [-0.15, -0.1) is 10.2 Å². The molecule has 1 atom stereocenters. The second-order valence-corrected chi connectivity index (χ2v) is 8.79. The molecule has 1 N–H and O–H groups in total. The molecule has 0 spiro atoms. The van der Waals surface area contributed by atoms with Gasteiger partial charge < -0.3 is 5.32 Å². The number of nitrogens with one attached hydrogen (secondary N) is 1. The molecule has 1 unspecified atom stereocenters. The van der Waals surface area contributed by atoms with Gasteiger partial charge in [0, 0.05) is 17.2 Å². The van der Waals surface area contributed by atoms with Gasteiger partial charge in [-0.25, -0.2) is 0 Å². The fourth-order valence-corrected chi connectivity index (χ4v) is 2.98. The maximum Gasteiger partial charge on any atom is 0.206 e. The minimum absolute atomic E-state index is 0.00906. The van der Waals surface area contributed by atoms with Gasteiger partial charge in [-0.1, -0.05) is 32.1 Å². The van der Waals surface area contributed by atoms with Crippen molar-refractivity contribution in [3.8, 4) is 0 Å². The number of aromatic nitrogens is 4. The van der Waals surface area contributed by atoms with Crippen LogP contribution in [0.3, 0.4) is 0 Å². The van der Waals surface area contributed by atoms with E-state index in [1.54, 1.807) is 11.3 Å². The van der Waals surface area contributed by atoms with Gasteiger partial charge in [0.25, 0.3) is 0 Å². The number of anilines is 1. The van der Waals surface area contributed by atoms with Crippen LogP contribution in [0.2, 0.25) is 0 Å². The van der Waals surface area contributed by atoms with E-state index in [9.17, 15) is 0 Å². The lowest BCUT2D eigenvalue weighted by Crippen LogP contribution is -2.22. The maximum atomic E-state index is 4.63. The molecule has 2 rings (SSSR count). The minimum Gasteiger partial charge on any atom is -0.353 e. The molecule has 0 fully saturated rings. The van der Waals surface area contributed by atoms with E-state index in [1.807, 2.05) is 4.68 Å². The molecule has 2 heterocycles. The zero-order chi connectivity index (χ0) is 16.7. The zero-order valence-electron chi connectivity index (χ0n) is 14.9. The summed E-state index contributed by atoms with van der Waals surface area (Å²) < 4.78 is 2.02. The Morgan fingerprint density at radius 1 is 1.14 bits per heavy atom. The van der Waals surface area contributed by atoms with Crippen LogP contribution in [0.1, 0.15) is 70.8 Å². The van der Waals surface area contributed by atoms with E-state index in [1.165, 1.54) is 5.56 Å². The Morgan fingerprint density at radius 3 is 2.23 bits per heavy atom. The lowest BCUT2D eigenvalue weighted by atomic mass is 9.98. The number of hydrogen-bond acceptors (Lipinski definition) is 5. The molecule has 0 aliphatic heterocycles. The molecule has 0 aromatic carbocycles. The zero-order valence-corrected chi connectivity index (χ0v) is 15.7. The Bertz CT molecular complexity index is 642. The highest BCUT2D eigenvalue weighted by atomic mass is 32.1. The predicted octanol–water partition coefficient (Wildman–Crippen LogP) is 4.27. The van der Waals surface area contributed by atoms with E-state index >= 15 is 0 Å². The minimum atomic E-state index is -0.00906. The Morgan fingerprint density at radius 2 is 1.77 bits per heavy atom. The predicted molar refractivity (Wildman–Crippen MR) is 92.6 cm³/mol. The van der Waals surface area contributed by atoms with Crippen molar-refractivity contribution >= 4 is 16.5 Å². The average Bonchev–Trinajstić information content (AvgIpc) is 2.93. The molecule has 0 aliphatic carbocycles. The summed E-state index contributed by atoms with van der Waals surface area (Å²) in [5.41, 5.74) is 2.27. The lowest BCUT2D eigenvalue weighted by molar-refractivity contribution is 0.354. The topological polar surface area (TPSA) is 55.6 Å². The van der Waals surface area contributed by atoms with E-state index in [-0.39, 0.29) is 17.0 Å². The highest BCUT2D eigenvalue weighted by Crippen LogP contribution is 2.30. The Kier molecular flexibility index (Phi) is 4.35. The van der Waals surface area contributed by atoms with Crippen molar-refractivity contribution in [3.63, 3.8) is 0 Å². The third kappa shape index (κ3) is 3.66. The molecule has 2 aromatic rings. The van der Waals surface area contributed by atoms with Crippen LogP contribution in [0, 0.1) is 6.92 Å². The maximum absolute atomic E-state index is 4.63. The van der Waals surface area contributed by atoms with Gasteiger partial charge in [0.05, 0.1) is 17.3 Å². The number of hydrogen-bond donors (Lipinski definition) is 1. The van der Waals surface area contributed by atoms with E-state index in [0.717, 1.165) is 15.8 Å². The molecule has 6 heteroatoms. The molecular formula is C16H27N5S. The van der Waals surface area contributed by atoms with E-state index < -0.39 is 0 Å². The van der Waals surface area contributed by atoms with Crippen LogP contribution in [-0.2, 0) is 11.0 Å². The highest BCUT2D eigenvalue weighted by molar-refractivity contribution is 7.15. The smallest absolute Gasteiger partial charge is 0.206 e. The molecule has 22 heavy (non-hydrogen) atoms. The van der Waals surface area contributed by atoms with Gasteiger partial charge in [-0.2, -0.15) is 5.10 Å². The van der Waals surface area contributed by atoms with Crippen LogP contribution in [-0.4, -0.2) is 20.0 Å². The van der Waals surface area contributed by atoms with Gasteiger partial charge in [-0.05, 0) is 34.6 Å². The lowest BCUT2D eigenvalue weighted by Gasteiger charge is -2.19. The van der Waals surface area contributed by atoms with Crippen LogP contribution in [0.15, 0.2) is 6.20 Å². The number of nitrogens with zero attached hydrogens (tertiary/aromatic N) is 4. The number of rotatable bonds is 3. The third-order valence-electron chi connectivity index (χ3n) is 3.50. The molecule has 0 amide bonds. The molecule has 0 aliphatic rings. The van der Waals surface area contributed by atoms with Crippen LogP contribution >= 0.6 is 11.3 Å². The van der Waals surface area contributed by atoms with Crippen LogP contribution in [0.4, 0.5) is 5.13 Å². The Balaban J connectivity index is 2.17. The molecule has 5 nitrogen and oxygen atoms in total. The fraction of sp³-hybridized carbons (Fsp3) is 0.688. The summed E-state index contributed by atoms with van der Waals surface area (Å²) in [6.07, 6.45) is 2.12. The van der Waals surface area contributed by atoms with Crippen LogP contribution < -0.4 is 5.32 Å². The van der Waals surface area contributed by atoms with Crippen molar-refractivity contribution in [2.24, 2.45) is 0 Å². The highest BCUT2D eigenvalue weighted by Gasteiger charge is 2.22. The Labute approximate surface area is 137 Å². The van der Waals surface area contributed by atoms with Crippen molar-refractivity contribution in [1.29, 1.82) is 0 Å². The molecule has 2 aromatic heterocycles. The molecule has 122 valence electrons. The normalized spacial score (nSPS) is 14.2. The van der Waals surface area contributed by atoms with Crippen molar-refractivity contribution in [2.75, 3.05) is 5.32 Å². The summed E-state index contributed by atoms with van der Waals surface area (Å²) in [5, 5.41) is 18.5. The molecular weight excluding hydrogens is 294 g/mol. The van der Waals surface area contributed by atoms with Gasteiger partial charge in [0.1, 0.15) is 5.01 Å². The summed E-state index contributed by atoms with van der Waals surface area (Å²) in [6, 6.07) is 0.150. The van der Waals surface area contributed by atoms with Gasteiger partial charge in [0.15, 0.2) is 0 Å². The van der Waals surface area contributed by atoms with Crippen LogP contribution in [0.5, 0.6) is 0 Å². The molecule has 0 saturated carbocycles. The van der Waals surface area contributed by atoms with Gasteiger partial charge >= 0.3 is 0 Å². The molecule has 0 bridgehead atoms. The molecule has 0 saturated heterocycles.